The van der Waals surface area contributed by atoms with E-state index in [2.05, 4.69) is 0 Å². The third-order valence-electron chi connectivity index (χ3n) is 3.90. The van der Waals surface area contributed by atoms with Gasteiger partial charge in [0.2, 0.25) is 5.91 Å². The van der Waals surface area contributed by atoms with Crippen LogP contribution in [0.2, 0.25) is 0 Å². The molecule has 3 aliphatic rings. The Kier molecular flexibility index (Phi) is 4.27. The van der Waals surface area contributed by atoms with Crippen LogP contribution in [0.1, 0.15) is 33.6 Å². The Bertz CT molecular complexity index is 611. The van der Waals surface area contributed by atoms with Crippen molar-refractivity contribution in [1.82, 2.24) is 4.90 Å². The van der Waals surface area contributed by atoms with Gasteiger partial charge in [-0.1, -0.05) is 11.8 Å². The molecule has 3 atom stereocenters. The van der Waals surface area contributed by atoms with Crippen LogP contribution in [0, 0.1) is 0 Å². The molecular formula is C15H20N2O4S2. The van der Waals surface area contributed by atoms with E-state index < -0.39 is 17.6 Å². The van der Waals surface area contributed by atoms with Gasteiger partial charge in [-0.25, -0.2) is 4.79 Å². The van der Waals surface area contributed by atoms with Crippen molar-refractivity contribution in [2.45, 2.75) is 55.9 Å². The van der Waals surface area contributed by atoms with E-state index in [1.54, 1.807) is 32.5 Å². The van der Waals surface area contributed by atoms with Crippen molar-refractivity contribution in [3.05, 3.63) is 11.3 Å². The molecule has 0 bridgehead atoms. The van der Waals surface area contributed by atoms with Crippen LogP contribution in [0.5, 0.6) is 0 Å². The molecule has 1 amide bonds. The SMILES string of the molecule is CC(C)(C)OC(=O)C1=C([C@@H]2CCC(=O)S2)CS[C@@H]2[C@H](N)C(=O)N12. The van der Waals surface area contributed by atoms with Gasteiger partial charge < -0.3 is 10.5 Å². The maximum atomic E-state index is 12.7. The Hall–Kier alpha value is -0.990. The molecule has 0 aromatic rings. The van der Waals surface area contributed by atoms with E-state index in [0.29, 0.717) is 24.3 Å². The third kappa shape index (κ3) is 3.04. The van der Waals surface area contributed by atoms with Gasteiger partial charge in [-0.15, -0.1) is 11.8 Å². The first-order valence-corrected chi connectivity index (χ1v) is 9.48. The summed E-state index contributed by atoms with van der Waals surface area (Å²) in [6, 6.07) is -0.572. The first kappa shape index (κ1) is 16.9. The smallest absolute Gasteiger partial charge is 0.355 e. The van der Waals surface area contributed by atoms with E-state index in [4.69, 9.17) is 10.5 Å². The highest BCUT2D eigenvalue weighted by molar-refractivity contribution is 8.14. The number of nitrogens with two attached hydrogens (primary N) is 1. The zero-order valence-corrected chi connectivity index (χ0v) is 15.0. The van der Waals surface area contributed by atoms with Crippen molar-refractivity contribution in [3.63, 3.8) is 0 Å². The van der Waals surface area contributed by atoms with Crippen molar-refractivity contribution in [2.24, 2.45) is 5.73 Å². The predicted octanol–water partition coefficient (Wildman–Crippen LogP) is 1.25. The molecule has 2 N–H and O–H groups in total. The van der Waals surface area contributed by atoms with Crippen molar-refractivity contribution in [1.29, 1.82) is 0 Å². The van der Waals surface area contributed by atoms with Gasteiger partial charge in [0.05, 0.1) is 0 Å². The topological polar surface area (TPSA) is 89.7 Å². The summed E-state index contributed by atoms with van der Waals surface area (Å²) < 4.78 is 5.50. The van der Waals surface area contributed by atoms with E-state index in [-0.39, 0.29) is 21.6 Å². The number of β-lactam (4-membered cyclic amide) rings is 1. The molecule has 0 radical (unpaired) electrons. The Morgan fingerprint density at radius 1 is 1.35 bits per heavy atom. The molecular weight excluding hydrogens is 336 g/mol. The van der Waals surface area contributed by atoms with Crippen LogP contribution in [0.3, 0.4) is 0 Å². The second-order valence-electron chi connectivity index (χ2n) is 6.83. The van der Waals surface area contributed by atoms with Crippen molar-refractivity contribution in [2.75, 3.05) is 5.75 Å². The standard InChI is InChI=1S/C15H20N2O4S2/c1-15(2,3)21-14(20)11-7(8-4-5-9(18)23-8)6-22-13-10(16)12(19)17(11)13/h8,10,13H,4-6,16H2,1-3H3/t8-,10+,13+/m0/s1. The molecule has 0 unspecified atom stereocenters. The maximum absolute atomic E-state index is 12.7. The number of rotatable bonds is 2. The van der Waals surface area contributed by atoms with Gasteiger partial charge in [-0.2, -0.15) is 0 Å². The van der Waals surface area contributed by atoms with Gasteiger partial charge in [0.25, 0.3) is 0 Å². The highest BCUT2D eigenvalue weighted by Crippen LogP contribution is 2.45. The largest absolute Gasteiger partial charge is 0.455 e. The zero-order valence-electron chi connectivity index (χ0n) is 13.3. The minimum atomic E-state index is -0.649. The molecule has 0 saturated carbocycles. The van der Waals surface area contributed by atoms with E-state index in [1.165, 1.54) is 16.7 Å². The number of fused-ring (bicyclic) bond motifs is 1. The molecule has 23 heavy (non-hydrogen) atoms. The molecule has 0 aromatic carbocycles. The lowest BCUT2D eigenvalue weighted by Crippen LogP contribution is -2.68. The minimum Gasteiger partial charge on any atom is -0.455 e. The summed E-state index contributed by atoms with van der Waals surface area (Å²) in [6.07, 6.45) is 1.20. The van der Waals surface area contributed by atoms with Crippen LogP contribution >= 0.6 is 23.5 Å². The van der Waals surface area contributed by atoms with Crippen molar-refractivity contribution >= 4 is 40.5 Å². The number of thioether (sulfide) groups is 2. The van der Waals surface area contributed by atoms with Crippen LogP contribution in [-0.2, 0) is 19.1 Å². The van der Waals surface area contributed by atoms with Gasteiger partial charge in [0, 0.05) is 17.4 Å². The molecule has 8 heteroatoms. The van der Waals surface area contributed by atoms with Gasteiger partial charge in [-0.3, -0.25) is 14.5 Å². The summed E-state index contributed by atoms with van der Waals surface area (Å²) in [5.41, 5.74) is 6.33. The number of carbonyl (C=O) groups excluding carboxylic acids is 3. The molecule has 0 aliphatic carbocycles. The van der Waals surface area contributed by atoms with Crippen molar-refractivity contribution in [3.8, 4) is 0 Å². The maximum Gasteiger partial charge on any atom is 0.355 e. The summed E-state index contributed by atoms with van der Waals surface area (Å²) >= 11 is 2.80. The van der Waals surface area contributed by atoms with Crippen LogP contribution in [0.25, 0.3) is 0 Å². The molecule has 3 rings (SSSR count). The fourth-order valence-electron chi connectivity index (χ4n) is 2.87. The van der Waals surface area contributed by atoms with E-state index in [0.717, 1.165) is 5.57 Å². The van der Waals surface area contributed by atoms with Gasteiger partial charge in [0.1, 0.15) is 22.7 Å². The molecule has 6 nitrogen and oxygen atoms in total. The van der Waals surface area contributed by atoms with Crippen LogP contribution in [-0.4, -0.2) is 49.9 Å². The Morgan fingerprint density at radius 3 is 2.61 bits per heavy atom. The highest BCUT2D eigenvalue weighted by Gasteiger charge is 2.53. The number of hydrogen-bond donors (Lipinski definition) is 1. The lowest BCUT2D eigenvalue weighted by Gasteiger charge is -2.49. The number of esters is 1. The number of nitrogens with zero attached hydrogens (tertiary/aromatic N) is 1. The lowest BCUT2D eigenvalue weighted by atomic mass is 10.0. The second kappa shape index (κ2) is 5.82. The van der Waals surface area contributed by atoms with E-state index >= 15 is 0 Å². The normalized spacial score (nSPS) is 31.1. The van der Waals surface area contributed by atoms with Gasteiger partial charge in [-0.05, 0) is 32.8 Å². The molecule has 2 fully saturated rings. The molecule has 3 aliphatic heterocycles. The second-order valence-corrected chi connectivity index (χ2v) is 9.19. The van der Waals surface area contributed by atoms with Crippen molar-refractivity contribution < 1.29 is 19.1 Å². The highest BCUT2D eigenvalue weighted by atomic mass is 32.2. The molecule has 2 saturated heterocycles. The number of amides is 1. The third-order valence-corrected chi connectivity index (χ3v) is 6.50. The summed E-state index contributed by atoms with van der Waals surface area (Å²) in [6.45, 7) is 5.37. The van der Waals surface area contributed by atoms with Crippen LogP contribution in [0.4, 0.5) is 0 Å². The summed E-state index contributed by atoms with van der Waals surface area (Å²) in [7, 11) is 0. The summed E-state index contributed by atoms with van der Waals surface area (Å²) in [4.78, 5) is 37.9. The Balaban J connectivity index is 1.96. The van der Waals surface area contributed by atoms with Gasteiger partial charge >= 0.3 is 5.97 Å². The summed E-state index contributed by atoms with van der Waals surface area (Å²) in [5, 5.41) is -0.135. The first-order chi connectivity index (χ1) is 10.7. The monoisotopic (exact) mass is 356 g/mol. The number of hydrogen-bond acceptors (Lipinski definition) is 7. The van der Waals surface area contributed by atoms with E-state index in [1.807, 2.05) is 0 Å². The first-order valence-electron chi connectivity index (χ1n) is 7.55. The Labute approximate surface area is 143 Å². The minimum absolute atomic E-state index is 0.0527. The fraction of sp³-hybridized carbons (Fsp3) is 0.667. The average Bonchev–Trinajstić information content (AvgIpc) is 2.89. The number of carbonyl (C=O) groups is 3. The molecule has 126 valence electrons. The lowest BCUT2D eigenvalue weighted by molar-refractivity contribution is -0.158. The van der Waals surface area contributed by atoms with E-state index in [9.17, 15) is 14.4 Å². The predicted molar refractivity (Wildman–Crippen MR) is 89.6 cm³/mol. The van der Waals surface area contributed by atoms with Crippen LogP contribution in [0.15, 0.2) is 11.3 Å². The fourth-order valence-corrected chi connectivity index (χ4v) is 5.47. The molecule has 0 spiro atoms. The Morgan fingerprint density at radius 2 is 2.04 bits per heavy atom. The quantitative estimate of drug-likeness (QED) is 0.588. The van der Waals surface area contributed by atoms with Gasteiger partial charge in [0.15, 0.2) is 5.12 Å². The average molecular weight is 356 g/mol. The van der Waals surface area contributed by atoms with Crippen LogP contribution < -0.4 is 5.73 Å². The summed E-state index contributed by atoms with van der Waals surface area (Å²) in [5.74, 6) is -0.158. The molecule has 0 aromatic heterocycles. The molecule has 3 heterocycles. The number of ether oxygens (including phenoxy) is 1. The zero-order chi connectivity index (χ0) is 16.9.